The van der Waals surface area contributed by atoms with Crippen molar-refractivity contribution in [1.82, 2.24) is 20.6 Å². The van der Waals surface area contributed by atoms with Gasteiger partial charge < -0.3 is 20.4 Å². The first-order valence-corrected chi connectivity index (χ1v) is 9.94. The molecule has 0 saturated heterocycles. The molecule has 0 aliphatic carbocycles. The predicted octanol–water partition coefficient (Wildman–Crippen LogP) is 4.31. The molecule has 3 rings (SSSR count). The van der Waals surface area contributed by atoms with Crippen LogP contribution >= 0.6 is 24.0 Å². The molecule has 2 aromatic carbocycles. The summed E-state index contributed by atoms with van der Waals surface area (Å²) in [6, 6.07) is 16.5. The maximum atomic E-state index is 5.41. The van der Waals surface area contributed by atoms with Gasteiger partial charge in [-0.2, -0.15) is 0 Å². The second kappa shape index (κ2) is 12.2. The normalized spacial score (nSPS) is 11.0. The molecule has 3 aromatic rings. The molecular weight excluding hydrogens is 489 g/mol. The van der Waals surface area contributed by atoms with Gasteiger partial charge in [0.25, 0.3) is 0 Å². The van der Waals surface area contributed by atoms with Gasteiger partial charge in [0, 0.05) is 13.1 Å². The van der Waals surface area contributed by atoms with Gasteiger partial charge >= 0.3 is 0 Å². The lowest BCUT2D eigenvalue weighted by Gasteiger charge is -2.12. The van der Waals surface area contributed by atoms with Gasteiger partial charge in [-0.3, -0.25) is 0 Å². The van der Waals surface area contributed by atoms with Gasteiger partial charge in [-0.15, -0.1) is 24.0 Å². The number of methoxy groups -OCH3 is 1. The van der Waals surface area contributed by atoms with Crippen LogP contribution in [0.15, 0.2) is 59.7 Å². The van der Waals surface area contributed by atoms with E-state index in [0.29, 0.717) is 6.54 Å². The predicted molar refractivity (Wildman–Crippen MR) is 134 cm³/mol. The molecule has 1 aromatic heterocycles. The zero-order chi connectivity index (χ0) is 20.5. The number of H-pyrrole nitrogens is 1. The standard InChI is InChI=1S/C23H29N5O.HI/c1-4-24-23(25-13-12-18-11-10-17(2)21(14-18)29-3)27-16-22-26-15-20(28-22)19-8-6-5-7-9-19;/h5-11,14-15H,4,12-13,16H2,1-3H3,(H,26,28)(H2,24,25,27);1H. The number of nitrogens with one attached hydrogen (secondary N) is 3. The highest BCUT2D eigenvalue weighted by atomic mass is 127. The molecule has 30 heavy (non-hydrogen) atoms. The highest BCUT2D eigenvalue weighted by Crippen LogP contribution is 2.19. The number of rotatable bonds is 8. The van der Waals surface area contributed by atoms with Crippen LogP contribution in [0.25, 0.3) is 11.3 Å². The number of aliphatic imine (C=N–C) groups is 1. The number of halogens is 1. The Labute approximate surface area is 195 Å². The molecule has 0 atom stereocenters. The van der Waals surface area contributed by atoms with Gasteiger partial charge in [-0.1, -0.05) is 42.5 Å². The Morgan fingerprint density at radius 3 is 2.67 bits per heavy atom. The molecule has 160 valence electrons. The molecule has 0 fully saturated rings. The Balaban J connectivity index is 0.00000320. The second-order valence-electron chi connectivity index (χ2n) is 6.79. The quantitative estimate of drug-likeness (QED) is 0.236. The Morgan fingerprint density at radius 1 is 1.13 bits per heavy atom. The molecule has 0 amide bonds. The molecule has 0 aliphatic rings. The van der Waals surface area contributed by atoms with Crippen LogP contribution in [0.2, 0.25) is 0 Å². The van der Waals surface area contributed by atoms with Gasteiger partial charge in [0.2, 0.25) is 0 Å². The van der Waals surface area contributed by atoms with E-state index in [1.165, 1.54) is 5.56 Å². The van der Waals surface area contributed by atoms with Crippen LogP contribution in [-0.4, -0.2) is 36.1 Å². The number of aromatic nitrogens is 2. The molecular formula is C23H30IN5O. The van der Waals surface area contributed by atoms with E-state index in [4.69, 9.17) is 4.74 Å². The number of aromatic amines is 1. The molecule has 0 unspecified atom stereocenters. The van der Waals surface area contributed by atoms with Crippen LogP contribution in [0, 0.1) is 6.92 Å². The Bertz CT molecular complexity index is 940. The van der Waals surface area contributed by atoms with Crippen molar-refractivity contribution < 1.29 is 4.74 Å². The van der Waals surface area contributed by atoms with Crippen LogP contribution in [0.4, 0.5) is 0 Å². The summed E-state index contributed by atoms with van der Waals surface area (Å²) in [6.45, 7) is 6.18. The van der Waals surface area contributed by atoms with Crippen molar-refractivity contribution >= 4 is 29.9 Å². The van der Waals surface area contributed by atoms with E-state index in [1.807, 2.05) is 24.4 Å². The van der Waals surface area contributed by atoms with Crippen molar-refractivity contribution in [1.29, 1.82) is 0 Å². The number of imidazole rings is 1. The average Bonchev–Trinajstić information content (AvgIpc) is 3.23. The summed E-state index contributed by atoms with van der Waals surface area (Å²) in [5.74, 6) is 2.55. The number of benzene rings is 2. The number of guanidine groups is 1. The third-order valence-electron chi connectivity index (χ3n) is 4.62. The topological polar surface area (TPSA) is 74.3 Å². The first kappa shape index (κ1) is 23.7. The van der Waals surface area contributed by atoms with Crippen molar-refractivity contribution in [3.8, 4) is 17.0 Å². The van der Waals surface area contributed by atoms with Crippen LogP contribution in [0.3, 0.4) is 0 Å². The van der Waals surface area contributed by atoms with Crippen LogP contribution in [0.5, 0.6) is 5.75 Å². The van der Waals surface area contributed by atoms with Gasteiger partial charge in [-0.05, 0) is 43.0 Å². The van der Waals surface area contributed by atoms with Crippen LogP contribution in [0.1, 0.15) is 23.9 Å². The average molecular weight is 519 g/mol. The molecule has 6 nitrogen and oxygen atoms in total. The number of hydrogen-bond donors (Lipinski definition) is 3. The minimum atomic E-state index is 0. The summed E-state index contributed by atoms with van der Waals surface area (Å²) in [5.41, 5.74) is 4.50. The summed E-state index contributed by atoms with van der Waals surface area (Å²) >= 11 is 0. The fourth-order valence-electron chi connectivity index (χ4n) is 3.05. The lowest BCUT2D eigenvalue weighted by atomic mass is 10.1. The minimum absolute atomic E-state index is 0. The third kappa shape index (κ3) is 6.76. The largest absolute Gasteiger partial charge is 0.496 e. The van der Waals surface area contributed by atoms with Crippen molar-refractivity contribution in [2.24, 2.45) is 4.99 Å². The van der Waals surface area contributed by atoms with Crippen molar-refractivity contribution in [3.63, 3.8) is 0 Å². The molecule has 0 aliphatic heterocycles. The Morgan fingerprint density at radius 2 is 1.93 bits per heavy atom. The molecule has 0 saturated carbocycles. The number of nitrogens with zero attached hydrogens (tertiary/aromatic N) is 2. The van der Waals surface area contributed by atoms with Crippen molar-refractivity contribution in [2.45, 2.75) is 26.8 Å². The zero-order valence-electron chi connectivity index (χ0n) is 17.7. The second-order valence-corrected chi connectivity index (χ2v) is 6.79. The van der Waals surface area contributed by atoms with E-state index < -0.39 is 0 Å². The fraction of sp³-hybridized carbons (Fsp3) is 0.304. The number of ether oxygens (including phenoxy) is 1. The smallest absolute Gasteiger partial charge is 0.191 e. The van der Waals surface area contributed by atoms with E-state index in [2.05, 4.69) is 69.8 Å². The summed E-state index contributed by atoms with van der Waals surface area (Å²) in [7, 11) is 1.71. The van der Waals surface area contributed by atoms with E-state index >= 15 is 0 Å². The zero-order valence-corrected chi connectivity index (χ0v) is 20.1. The van der Waals surface area contributed by atoms with E-state index in [9.17, 15) is 0 Å². The summed E-state index contributed by atoms with van der Waals surface area (Å²) < 4.78 is 5.41. The molecule has 0 bridgehead atoms. The molecule has 0 spiro atoms. The summed E-state index contributed by atoms with van der Waals surface area (Å²) in [5, 5.41) is 6.67. The number of aryl methyl sites for hydroxylation is 1. The fourth-order valence-corrected chi connectivity index (χ4v) is 3.05. The highest BCUT2D eigenvalue weighted by molar-refractivity contribution is 14.0. The first-order valence-electron chi connectivity index (χ1n) is 9.94. The lowest BCUT2D eigenvalue weighted by Crippen LogP contribution is -2.38. The van der Waals surface area contributed by atoms with Crippen molar-refractivity contribution in [3.05, 3.63) is 71.7 Å². The van der Waals surface area contributed by atoms with E-state index in [-0.39, 0.29) is 24.0 Å². The van der Waals surface area contributed by atoms with Crippen molar-refractivity contribution in [2.75, 3.05) is 20.2 Å². The summed E-state index contributed by atoms with van der Waals surface area (Å²) in [6.07, 6.45) is 2.74. The Hall–Kier alpha value is -2.55. The van der Waals surface area contributed by atoms with Gasteiger partial charge in [0.1, 0.15) is 18.1 Å². The van der Waals surface area contributed by atoms with E-state index in [1.54, 1.807) is 7.11 Å². The van der Waals surface area contributed by atoms with Gasteiger partial charge in [-0.25, -0.2) is 9.98 Å². The SMILES string of the molecule is CCNC(=NCc1ncc(-c2ccccc2)[nH]1)NCCc1ccc(C)c(OC)c1.I. The van der Waals surface area contributed by atoms with Gasteiger partial charge in [0.05, 0.1) is 19.0 Å². The first-order chi connectivity index (χ1) is 14.2. The maximum absolute atomic E-state index is 5.41. The number of hydrogen-bond acceptors (Lipinski definition) is 3. The maximum Gasteiger partial charge on any atom is 0.191 e. The monoisotopic (exact) mass is 519 g/mol. The molecule has 1 heterocycles. The third-order valence-corrected chi connectivity index (χ3v) is 4.62. The van der Waals surface area contributed by atoms with Crippen LogP contribution < -0.4 is 15.4 Å². The minimum Gasteiger partial charge on any atom is -0.496 e. The Kier molecular flexibility index (Phi) is 9.66. The summed E-state index contributed by atoms with van der Waals surface area (Å²) in [4.78, 5) is 12.4. The molecule has 0 radical (unpaired) electrons. The van der Waals surface area contributed by atoms with E-state index in [0.717, 1.165) is 53.9 Å². The lowest BCUT2D eigenvalue weighted by molar-refractivity contribution is 0.411. The molecule has 7 heteroatoms. The highest BCUT2D eigenvalue weighted by Gasteiger charge is 2.04. The molecule has 3 N–H and O–H groups in total. The van der Waals surface area contributed by atoms with Crippen LogP contribution in [-0.2, 0) is 13.0 Å². The van der Waals surface area contributed by atoms with Gasteiger partial charge in [0.15, 0.2) is 5.96 Å².